The van der Waals surface area contributed by atoms with Crippen LogP contribution in [0.3, 0.4) is 0 Å². The van der Waals surface area contributed by atoms with Crippen LogP contribution in [0.2, 0.25) is 0 Å². The molecule has 3 aromatic rings. The Bertz CT molecular complexity index is 803. The van der Waals surface area contributed by atoms with Crippen LogP contribution >= 0.6 is 11.8 Å². The highest BCUT2D eigenvalue weighted by Gasteiger charge is 2.08. The standard InChI is InChI=1S/C18H16N2OS/c1-13(21)20-16-9-10-17(18-15(16)8-5-11-19-18)22-12-14-6-3-2-4-7-14/h2-11H,12H2,1H3,(H,20,21). The van der Waals surface area contributed by atoms with Crippen LogP contribution in [0.15, 0.2) is 65.7 Å². The van der Waals surface area contributed by atoms with E-state index >= 15 is 0 Å². The van der Waals surface area contributed by atoms with Gasteiger partial charge in [-0.2, -0.15) is 0 Å². The van der Waals surface area contributed by atoms with Crippen molar-refractivity contribution in [3.63, 3.8) is 0 Å². The molecule has 110 valence electrons. The molecule has 0 spiro atoms. The average molecular weight is 308 g/mol. The van der Waals surface area contributed by atoms with Gasteiger partial charge in [0, 0.05) is 29.2 Å². The number of fused-ring (bicyclic) bond motifs is 1. The number of carbonyl (C=O) groups is 1. The van der Waals surface area contributed by atoms with E-state index in [0.29, 0.717) is 0 Å². The highest BCUT2D eigenvalue weighted by molar-refractivity contribution is 7.98. The summed E-state index contributed by atoms with van der Waals surface area (Å²) in [7, 11) is 0. The van der Waals surface area contributed by atoms with E-state index in [2.05, 4.69) is 22.4 Å². The summed E-state index contributed by atoms with van der Waals surface area (Å²) in [5, 5.41) is 3.83. The second-order valence-corrected chi connectivity index (χ2v) is 5.98. The molecule has 0 radical (unpaired) electrons. The quantitative estimate of drug-likeness (QED) is 0.722. The van der Waals surface area contributed by atoms with Gasteiger partial charge in [-0.05, 0) is 29.8 Å². The SMILES string of the molecule is CC(=O)Nc1ccc(SCc2ccccc2)c2ncccc12. The van der Waals surface area contributed by atoms with Gasteiger partial charge in [-0.25, -0.2) is 0 Å². The molecule has 4 heteroatoms. The van der Waals surface area contributed by atoms with Crippen molar-refractivity contribution in [2.24, 2.45) is 0 Å². The number of aromatic nitrogens is 1. The number of amides is 1. The summed E-state index contributed by atoms with van der Waals surface area (Å²) >= 11 is 1.76. The summed E-state index contributed by atoms with van der Waals surface area (Å²) in [5.41, 5.74) is 3.01. The number of thioether (sulfide) groups is 1. The molecule has 0 atom stereocenters. The molecule has 0 unspecified atom stereocenters. The van der Waals surface area contributed by atoms with Crippen molar-refractivity contribution in [3.8, 4) is 0 Å². The zero-order valence-corrected chi connectivity index (χ0v) is 13.1. The van der Waals surface area contributed by atoms with Crippen molar-refractivity contribution < 1.29 is 4.79 Å². The van der Waals surface area contributed by atoms with Crippen LogP contribution < -0.4 is 5.32 Å². The summed E-state index contributed by atoms with van der Waals surface area (Å²) in [4.78, 5) is 16.9. The van der Waals surface area contributed by atoms with Crippen molar-refractivity contribution in [2.45, 2.75) is 17.6 Å². The van der Waals surface area contributed by atoms with Gasteiger partial charge in [0.25, 0.3) is 0 Å². The van der Waals surface area contributed by atoms with Gasteiger partial charge in [0.1, 0.15) is 0 Å². The Morgan fingerprint density at radius 1 is 1.09 bits per heavy atom. The smallest absolute Gasteiger partial charge is 0.221 e. The number of nitrogens with one attached hydrogen (secondary N) is 1. The Morgan fingerprint density at radius 3 is 2.68 bits per heavy atom. The van der Waals surface area contributed by atoms with E-state index in [-0.39, 0.29) is 5.91 Å². The maximum absolute atomic E-state index is 11.3. The second kappa shape index (κ2) is 6.62. The highest BCUT2D eigenvalue weighted by Crippen LogP contribution is 2.32. The number of rotatable bonds is 4. The van der Waals surface area contributed by atoms with E-state index in [0.717, 1.165) is 27.2 Å². The topological polar surface area (TPSA) is 42.0 Å². The van der Waals surface area contributed by atoms with Crippen LogP contribution in [0.4, 0.5) is 5.69 Å². The van der Waals surface area contributed by atoms with E-state index in [9.17, 15) is 4.79 Å². The number of benzene rings is 2. The largest absolute Gasteiger partial charge is 0.326 e. The monoisotopic (exact) mass is 308 g/mol. The first-order valence-corrected chi connectivity index (χ1v) is 8.04. The van der Waals surface area contributed by atoms with Gasteiger partial charge in [-0.15, -0.1) is 11.8 Å². The van der Waals surface area contributed by atoms with Gasteiger partial charge in [0.15, 0.2) is 0 Å². The molecule has 0 aliphatic rings. The van der Waals surface area contributed by atoms with Gasteiger partial charge >= 0.3 is 0 Å². The minimum absolute atomic E-state index is 0.0742. The molecule has 0 bridgehead atoms. The second-order valence-electron chi connectivity index (χ2n) is 4.97. The first-order chi connectivity index (χ1) is 10.7. The highest BCUT2D eigenvalue weighted by atomic mass is 32.2. The predicted molar refractivity (Wildman–Crippen MR) is 92.0 cm³/mol. The zero-order chi connectivity index (χ0) is 15.4. The first-order valence-electron chi connectivity index (χ1n) is 7.06. The number of hydrogen-bond donors (Lipinski definition) is 1. The lowest BCUT2D eigenvalue weighted by Crippen LogP contribution is -2.06. The Labute approximate surface area is 133 Å². The summed E-state index contributed by atoms with van der Waals surface area (Å²) in [6.07, 6.45) is 1.78. The van der Waals surface area contributed by atoms with Crippen LogP contribution in [-0.4, -0.2) is 10.9 Å². The van der Waals surface area contributed by atoms with E-state index in [4.69, 9.17) is 0 Å². The molecular formula is C18H16N2OS. The summed E-state index contributed by atoms with van der Waals surface area (Å²) in [6.45, 7) is 1.51. The molecule has 0 saturated heterocycles. The van der Waals surface area contributed by atoms with Crippen molar-refractivity contribution in [2.75, 3.05) is 5.32 Å². The Morgan fingerprint density at radius 2 is 1.91 bits per heavy atom. The molecule has 1 heterocycles. The fourth-order valence-electron chi connectivity index (χ4n) is 2.30. The molecule has 1 aromatic heterocycles. The molecule has 0 aliphatic heterocycles. The number of nitrogens with zero attached hydrogens (tertiary/aromatic N) is 1. The number of pyridine rings is 1. The molecule has 0 fully saturated rings. The van der Waals surface area contributed by atoms with Crippen LogP contribution in [0.5, 0.6) is 0 Å². The van der Waals surface area contributed by atoms with Crippen molar-refractivity contribution >= 4 is 34.3 Å². The molecule has 1 amide bonds. The fraction of sp³-hybridized carbons (Fsp3) is 0.111. The van der Waals surface area contributed by atoms with Crippen LogP contribution in [-0.2, 0) is 10.5 Å². The van der Waals surface area contributed by atoms with Gasteiger partial charge in [0.2, 0.25) is 5.91 Å². The molecule has 22 heavy (non-hydrogen) atoms. The van der Waals surface area contributed by atoms with Gasteiger partial charge in [0.05, 0.1) is 11.2 Å². The third-order valence-electron chi connectivity index (χ3n) is 3.28. The molecule has 0 aliphatic carbocycles. The van der Waals surface area contributed by atoms with Gasteiger partial charge in [-0.1, -0.05) is 30.3 Å². The first kappa shape index (κ1) is 14.6. The van der Waals surface area contributed by atoms with E-state index in [1.165, 1.54) is 12.5 Å². The lowest BCUT2D eigenvalue weighted by atomic mass is 10.2. The molecule has 3 nitrogen and oxygen atoms in total. The summed E-state index contributed by atoms with van der Waals surface area (Å²) in [5.74, 6) is 0.821. The average Bonchev–Trinajstić information content (AvgIpc) is 2.55. The third kappa shape index (κ3) is 3.28. The molecule has 3 rings (SSSR count). The molecule has 2 aromatic carbocycles. The van der Waals surface area contributed by atoms with Gasteiger partial charge in [-0.3, -0.25) is 9.78 Å². The minimum Gasteiger partial charge on any atom is -0.326 e. The van der Waals surface area contributed by atoms with Crippen molar-refractivity contribution in [1.82, 2.24) is 4.98 Å². The summed E-state index contributed by atoms with van der Waals surface area (Å²) in [6, 6.07) is 18.2. The van der Waals surface area contributed by atoms with E-state index in [1.807, 2.05) is 42.5 Å². The Balaban J connectivity index is 1.92. The number of anilines is 1. The zero-order valence-electron chi connectivity index (χ0n) is 12.2. The maximum Gasteiger partial charge on any atom is 0.221 e. The van der Waals surface area contributed by atoms with Gasteiger partial charge < -0.3 is 5.32 Å². The lowest BCUT2D eigenvalue weighted by molar-refractivity contribution is -0.114. The lowest BCUT2D eigenvalue weighted by Gasteiger charge is -2.10. The summed E-state index contributed by atoms with van der Waals surface area (Å²) < 4.78 is 0. The van der Waals surface area contributed by atoms with Crippen molar-refractivity contribution in [1.29, 1.82) is 0 Å². The third-order valence-corrected chi connectivity index (χ3v) is 4.40. The predicted octanol–water partition coefficient (Wildman–Crippen LogP) is 4.49. The normalized spacial score (nSPS) is 10.6. The van der Waals surface area contributed by atoms with E-state index in [1.54, 1.807) is 18.0 Å². The Kier molecular flexibility index (Phi) is 4.39. The molecular weight excluding hydrogens is 292 g/mol. The molecule has 0 saturated carbocycles. The number of carbonyl (C=O) groups excluding carboxylic acids is 1. The van der Waals surface area contributed by atoms with E-state index < -0.39 is 0 Å². The number of hydrogen-bond acceptors (Lipinski definition) is 3. The van der Waals surface area contributed by atoms with Crippen molar-refractivity contribution in [3.05, 3.63) is 66.4 Å². The van der Waals surface area contributed by atoms with Crippen LogP contribution in [0.1, 0.15) is 12.5 Å². The van der Waals surface area contributed by atoms with Crippen LogP contribution in [0.25, 0.3) is 10.9 Å². The maximum atomic E-state index is 11.3. The van der Waals surface area contributed by atoms with Crippen LogP contribution in [0, 0.1) is 0 Å². The minimum atomic E-state index is -0.0742. The molecule has 1 N–H and O–H groups in total. The fourth-order valence-corrected chi connectivity index (χ4v) is 3.28. The Hall–Kier alpha value is -2.33.